The van der Waals surface area contributed by atoms with Crippen LogP contribution in [-0.2, 0) is 22.6 Å². The van der Waals surface area contributed by atoms with Gasteiger partial charge in [-0.15, -0.1) is 0 Å². The minimum Gasteiger partial charge on any atom is -0.497 e. The first kappa shape index (κ1) is 34.1. The molecule has 2 amide bonds. The number of nitrogens with zero attached hydrogens (tertiary/aromatic N) is 1. The molecule has 3 aromatic rings. The number of rotatable bonds is 17. The molecule has 0 bridgehead atoms. The smallest absolute Gasteiger partial charge is 0.224 e. The molecule has 3 aromatic carbocycles. The molecular formula is C36H45F2N3O4. The van der Waals surface area contributed by atoms with Gasteiger partial charge in [-0.25, -0.2) is 8.78 Å². The average Bonchev–Trinajstić information content (AvgIpc) is 3.75. The Morgan fingerprint density at radius 2 is 1.62 bits per heavy atom. The van der Waals surface area contributed by atoms with Crippen molar-refractivity contribution in [2.24, 2.45) is 11.8 Å². The first-order chi connectivity index (χ1) is 21.7. The Morgan fingerprint density at radius 1 is 0.933 bits per heavy atom. The van der Waals surface area contributed by atoms with E-state index in [-0.39, 0.29) is 43.0 Å². The number of aliphatic hydroxyl groups excluding tert-OH is 1. The van der Waals surface area contributed by atoms with E-state index in [0.717, 1.165) is 30.0 Å². The molecule has 4 rings (SSSR count). The van der Waals surface area contributed by atoms with E-state index in [9.17, 15) is 23.5 Å². The SMILES string of the molecule is CCCN(CCC)C(=O)C[C@H]1[C@H](C(=O)NC[C@@H](O)C(Cc2cc(F)cc(F)c2)NCc2cccc(OC)c2)[C@H]1c1ccccc1. The molecule has 5 atom stereocenters. The molecule has 1 aliphatic rings. The van der Waals surface area contributed by atoms with Crippen LogP contribution >= 0.6 is 0 Å². The summed E-state index contributed by atoms with van der Waals surface area (Å²) in [4.78, 5) is 28.6. The standard InChI is InChI=1S/C36H45F2N3O4/c1-4-14-41(15-5-2)33(43)21-30-34(26-11-7-6-8-12-26)35(30)36(44)40-23-32(42)31(19-25-16-27(37)20-28(38)17-25)39-22-24-10-9-13-29(18-24)45-3/h6-13,16-18,20,30-32,34-35,39,42H,4-5,14-15,19,21-23H2,1-3H3,(H,40,44)/t30-,31?,32-,34+,35+/m1/s1. The van der Waals surface area contributed by atoms with Gasteiger partial charge in [0.1, 0.15) is 17.4 Å². The molecule has 0 aliphatic heterocycles. The maximum atomic E-state index is 14.0. The predicted octanol–water partition coefficient (Wildman–Crippen LogP) is 5.22. The first-order valence-electron chi connectivity index (χ1n) is 15.8. The fraction of sp³-hybridized carbons (Fsp3) is 0.444. The zero-order chi connectivity index (χ0) is 32.3. The van der Waals surface area contributed by atoms with Gasteiger partial charge < -0.3 is 25.4 Å². The van der Waals surface area contributed by atoms with E-state index in [2.05, 4.69) is 10.6 Å². The number of hydrogen-bond acceptors (Lipinski definition) is 5. The third kappa shape index (κ3) is 9.58. The second kappa shape index (κ2) is 16.5. The highest BCUT2D eigenvalue weighted by Crippen LogP contribution is 2.56. The number of carbonyl (C=O) groups is 2. The number of methoxy groups -OCH3 is 1. The van der Waals surface area contributed by atoms with E-state index in [4.69, 9.17) is 4.74 Å². The molecule has 0 heterocycles. The molecule has 7 nitrogen and oxygen atoms in total. The fourth-order valence-corrected chi connectivity index (χ4v) is 6.17. The van der Waals surface area contributed by atoms with Crippen molar-refractivity contribution >= 4 is 11.8 Å². The van der Waals surface area contributed by atoms with Crippen molar-refractivity contribution in [1.82, 2.24) is 15.5 Å². The quantitative estimate of drug-likeness (QED) is 0.192. The Kier molecular flexibility index (Phi) is 12.5. The Bertz CT molecular complexity index is 1380. The molecule has 1 saturated carbocycles. The highest BCUT2D eigenvalue weighted by atomic mass is 19.1. The van der Waals surface area contributed by atoms with Crippen LogP contribution in [0, 0.1) is 23.5 Å². The van der Waals surface area contributed by atoms with Crippen molar-refractivity contribution in [3.8, 4) is 5.75 Å². The van der Waals surface area contributed by atoms with Crippen LogP contribution in [0.4, 0.5) is 8.78 Å². The summed E-state index contributed by atoms with van der Waals surface area (Å²) >= 11 is 0. The number of ether oxygens (including phenoxy) is 1. The third-order valence-electron chi connectivity index (χ3n) is 8.44. The van der Waals surface area contributed by atoms with Crippen LogP contribution in [0.15, 0.2) is 72.8 Å². The Hall–Kier alpha value is -3.82. The summed E-state index contributed by atoms with van der Waals surface area (Å²) in [5, 5.41) is 17.5. The second-order valence-corrected chi connectivity index (χ2v) is 11.8. The van der Waals surface area contributed by atoms with E-state index >= 15 is 0 Å². The normalized spacial score (nSPS) is 18.6. The zero-order valence-corrected chi connectivity index (χ0v) is 26.3. The van der Waals surface area contributed by atoms with Gasteiger partial charge >= 0.3 is 0 Å². The molecule has 0 radical (unpaired) electrons. The van der Waals surface area contributed by atoms with E-state index in [1.165, 1.54) is 12.1 Å². The highest BCUT2D eigenvalue weighted by molar-refractivity contribution is 5.86. The zero-order valence-electron chi connectivity index (χ0n) is 26.3. The number of hydrogen-bond donors (Lipinski definition) is 3. The Balaban J connectivity index is 1.45. The lowest BCUT2D eigenvalue weighted by Crippen LogP contribution is -2.47. The number of amides is 2. The van der Waals surface area contributed by atoms with Gasteiger partial charge in [0, 0.05) is 50.6 Å². The van der Waals surface area contributed by atoms with Crippen LogP contribution in [0.5, 0.6) is 5.75 Å². The minimum atomic E-state index is -1.07. The summed E-state index contributed by atoms with van der Waals surface area (Å²) in [7, 11) is 1.58. The van der Waals surface area contributed by atoms with E-state index in [1.807, 2.05) is 73.3 Å². The fourth-order valence-electron chi connectivity index (χ4n) is 6.17. The summed E-state index contributed by atoms with van der Waals surface area (Å²) in [5.41, 5.74) is 2.30. The van der Waals surface area contributed by atoms with Crippen molar-refractivity contribution in [2.75, 3.05) is 26.7 Å². The summed E-state index contributed by atoms with van der Waals surface area (Å²) in [6.45, 7) is 5.77. The lowest BCUT2D eigenvalue weighted by Gasteiger charge is -2.25. The predicted molar refractivity (Wildman–Crippen MR) is 171 cm³/mol. The molecular weight excluding hydrogens is 576 g/mol. The van der Waals surface area contributed by atoms with Gasteiger partial charge in [-0.05, 0) is 72.1 Å². The van der Waals surface area contributed by atoms with Crippen LogP contribution in [0.25, 0.3) is 0 Å². The van der Waals surface area contributed by atoms with Gasteiger partial charge in [-0.3, -0.25) is 9.59 Å². The number of aliphatic hydroxyl groups is 1. The number of halogens is 2. The van der Waals surface area contributed by atoms with Gasteiger partial charge in [0.2, 0.25) is 11.8 Å². The molecule has 3 N–H and O–H groups in total. The number of nitrogens with one attached hydrogen (secondary N) is 2. The molecule has 0 aromatic heterocycles. The molecule has 45 heavy (non-hydrogen) atoms. The molecule has 9 heteroatoms. The molecule has 0 saturated heterocycles. The van der Waals surface area contributed by atoms with Crippen LogP contribution in [0.1, 0.15) is 55.7 Å². The topological polar surface area (TPSA) is 90.9 Å². The summed E-state index contributed by atoms with van der Waals surface area (Å²) in [6, 6.07) is 19.9. The maximum Gasteiger partial charge on any atom is 0.224 e. The first-order valence-corrected chi connectivity index (χ1v) is 15.8. The van der Waals surface area contributed by atoms with E-state index < -0.39 is 29.7 Å². The van der Waals surface area contributed by atoms with Crippen molar-refractivity contribution in [3.63, 3.8) is 0 Å². The third-order valence-corrected chi connectivity index (χ3v) is 8.44. The van der Waals surface area contributed by atoms with Crippen molar-refractivity contribution in [2.45, 2.75) is 64.1 Å². The van der Waals surface area contributed by atoms with Crippen LogP contribution in [0.2, 0.25) is 0 Å². The summed E-state index contributed by atoms with van der Waals surface area (Å²) < 4.78 is 33.3. The largest absolute Gasteiger partial charge is 0.497 e. The van der Waals surface area contributed by atoms with Crippen LogP contribution in [0.3, 0.4) is 0 Å². The Labute approximate surface area is 265 Å². The van der Waals surface area contributed by atoms with E-state index in [1.54, 1.807) is 7.11 Å². The van der Waals surface area contributed by atoms with Crippen molar-refractivity contribution < 1.29 is 28.2 Å². The minimum absolute atomic E-state index is 0.0593. The molecule has 1 unspecified atom stereocenters. The number of carbonyl (C=O) groups excluding carboxylic acids is 2. The van der Waals surface area contributed by atoms with Gasteiger partial charge in [0.25, 0.3) is 0 Å². The lowest BCUT2D eigenvalue weighted by molar-refractivity contribution is -0.131. The maximum absolute atomic E-state index is 14.0. The van der Waals surface area contributed by atoms with Crippen LogP contribution < -0.4 is 15.4 Å². The van der Waals surface area contributed by atoms with Gasteiger partial charge in [0.05, 0.1) is 13.2 Å². The van der Waals surface area contributed by atoms with Gasteiger partial charge in [0.15, 0.2) is 0 Å². The highest BCUT2D eigenvalue weighted by Gasteiger charge is 2.56. The lowest BCUT2D eigenvalue weighted by atomic mass is 10.00. The van der Waals surface area contributed by atoms with Crippen molar-refractivity contribution in [1.29, 1.82) is 0 Å². The molecule has 242 valence electrons. The van der Waals surface area contributed by atoms with E-state index in [0.29, 0.717) is 30.9 Å². The van der Waals surface area contributed by atoms with Crippen molar-refractivity contribution in [3.05, 3.63) is 101 Å². The molecule has 0 spiro atoms. The molecule has 1 aliphatic carbocycles. The van der Waals surface area contributed by atoms with Gasteiger partial charge in [-0.1, -0.05) is 56.3 Å². The monoisotopic (exact) mass is 621 g/mol. The molecule has 1 fully saturated rings. The average molecular weight is 622 g/mol. The van der Waals surface area contributed by atoms with Crippen LogP contribution in [-0.4, -0.2) is 60.7 Å². The second-order valence-electron chi connectivity index (χ2n) is 11.8. The van der Waals surface area contributed by atoms with Gasteiger partial charge in [-0.2, -0.15) is 0 Å². The Morgan fingerprint density at radius 3 is 2.27 bits per heavy atom. The number of benzene rings is 3. The summed E-state index contributed by atoms with van der Waals surface area (Å²) in [6.07, 6.45) is 1.10. The summed E-state index contributed by atoms with van der Waals surface area (Å²) in [5.74, 6) is -1.49.